The summed E-state index contributed by atoms with van der Waals surface area (Å²) in [6, 6.07) is 13.4. The topological polar surface area (TPSA) is 67.8 Å². The molecule has 2 aromatic carbocycles. The normalized spacial score (nSPS) is 23.8. The Kier molecular flexibility index (Phi) is 9.24. The summed E-state index contributed by atoms with van der Waals surface area (Å²) >= 11 is 1.53. The van der Waals surface area contributed by atoms with Gasteiger partial charge in [0.2, 0.25) is 0 Å². The van der Waals surface area contributed by atoms with Crippen molar-refractivity contribution in [2.45, 2.75) is 55.9 Å². The minimum Gasteiger partial charge on any atom is -0.746 e. The molecule has 1 fully saturated rings. The Morgan fingerprint density at radius 1 is 1.12 bits per heavy atom. The average molecular weight is 497 g/mol. The van der Waals surface area contributed by atoms with Gasteiger partial charge in [0.25, 0.3) is 0 Å². The van der Waals surface area contributed by atoms with Gasteiger partial charge in [-0.1, -0.05) is 63.2 Å². The monoisotopic (exact) mass is 496 g/mol. The minimum atomic E-state index is -4.61. The molecule has 0 radical (unpaired) electrons. The van der Waals surface area contributed by atoms with Gasteiger partial charge >= 0.3 is 37.4 Å². The first kappa shape index (κ1) is 26.9. The number of fused-ring (bicyclic) bond motifs is 2. The van der Waals surface area contributed by atoms with Crippen LogP contribution in [0, 0.1) is 17.8 Å². The molecule has 5 nitrogen and oxygen atoms in total. The molecule has 0 spiro atoms. The van der Waals surface area contributed by atoms with E-state index in [2.05, 4.69) is 20.8 Å². The van der Waals surface area contributed by atoms with Gasteiger partial charge in [-0.15, -0.1) is 0 Å². The van der Waals surface area contributed by atoms with Crippen molar-refractivity contribution in [1.82, 2.24) is 0 Å². The van der Waals surface area contributed by atoms with Crippen LogP contribution in [0.25, 0.3) is 11.8 Å². The molecule has 2 aromatic rings. The second kappa shape index (κ2) is 11.3. The quantitative estimate of drug-likeness (QED) is 0.450. The average Bonchev–Trinajstić information content (AvgIpc) is 2.89. The van der Waals surface area contributed by atoms with Crippen molar-refractivity contribution in [2.24, 2.45) is 17.8 Å². The molecule has 0 N–H and O–H groups in total. The zero-order chi connectivity index (χ0) is 22.9. The Balaban J connectivity index is 0.00000306. The molecule has 2 aliphatic rings. The smallest absolute Gasteiger partial charge is 0.746 e. The van der Waals surface area contributed by atoms with Crippen LogP contribution >= 0.6 is 19.6 Å². The molecular weight excluding hydrogens is 466 g/mol. The first-order valence-corrected chi connectivity index (χ1v) is 13.4. The maximum Gasteiger partial charge on any atom is 1.00 e. The number of phosphoric ester groups is 1. The van der Waals surface area contributed by atoms with Gasteiger partial charge in [0.05, 0.1) is 18.1 Å². The fraction of sp³-hybridized carbons (Fsp3) is 0.440. The zero-order valence-electron chi connectivity index (χ0n) is 19.9. The van der Waals surface area contributed by atoms with E-state index in [9.17, 15) is 9.46 Å². The molecule has 4 rings (SSSR count). The first-order chi connectivity index (χ1) is 15.3. The molecule has 1 unspecified atom stereocenters. The van der Waals surface area contributed by atoms with Crippen molar-refractivity contribution in [3.63, 3.8) is 0 Å². The number of phosphoric acid groups is 1. The van der Waals surface area contributed by atoms with E-state index in [4.69, 9.17) is 13.8 Å². The molecule has 1 aliphatic carbocycles. The summed E-state index contributed by atoms with van der Waals surface area (Å²) in [7, 11) is -3.01. The molecule has 0 saturated heterocycles. The van der Waals surface area contributed by atoms with Crippen LogP contribution in [0.1, 0.15) is 51.2 Å². The summed E-state index contributed by atoms with van der Waals surface area (Å²) in [4.78, 5) is 15.0. The summed E-state index contributed by atoms with van der Waals surface area (Å²) in [5, 5.41) is 0. The third-order valence-corrected chi connectivity index (χ3v) is 8.48. The van der Waals surface area contributed by atoms with Crippen molar-refractivity contribution < 1.29 is 52.8 Å². The van der Waals surface area contributed by atoms with Gasteiger partial charge in [-0.05, 0) is 60.4 Å². The number of ether oxygens (including phenoxy) is 1. The Labute approximate surface area is 223 Å². The third-order valence-electron chi connectivity index (χ3n) is 6.32. The van der Waals surface area contributed by atoms with Crippen molar-refractivity contribution in [3.8, 4) is 5.75 Å². The summed E-state index contributed by atoms with van der Waals surface area (Å²) in [5.41, 5.74) is 1.56. The van der Waals surface area contributed by atoms with E-state index < -0.39 is 7.82 Å². The zero-order valence-corrected chi connectivity index (χ0v) is 23.7. The Morgan fingerprint density at radius 3 is 2.61 bits per heavy atom. The van der Waals surface area contributed by atoms with E-state index in [1.54, 1.807) is 13.2 Å². The van der Waals surface area contributed by atoms with Gasteiger partial charge < -0.3 is 18.7 Å². The molecule has 0 amide bonds. The predicted octanol–water partition coefficient (Wildman–Crippen LogP) is 3.62. The third kappa shape index (κ3) is 6.29. The molecule has 172 valence electrons. The molecule has 0 bridgehead atoms. The molecule has 33 heavy (non-hydrogen) atoms. The number of benzene rings is 2. The van der Waals surface area contributed by atoms with Gasteiger partial charge in [-0.25, -0.2) is 0 Å². The van der Waals surface area contributed by atoms with E-state index in [0.717, 1.165) is 34.6 Å². The number of hydrogen-bond donors (Lipinski definition) is 0. The van der Waals surface area contributed by atoms with Gasteiger partial charge in [0.1, 0.15) is 11.5 Å². The molecule has 1 heterocycles. The molecule has 1 saturated carbocycles. The van der Waals surface area contributed by atoms with Crippen LogP contribution in [0.3, 0.4) is 0 Å². The van der Waals surface area contributed by atoms with E-state index >= 15 is 0 Å². The second-order valence-electron chi connectivity index (χ2n) is 8.99. The minimum absolute atomic E-state index is 0. The van der Waals surface area contributed by atoms with Crippen LogP contribution < -0.4 is 39.2 Å². The van der Waals surface area contributed by atoms with Crippen LogP contribution in [0.2, 0.25) is 0 Å². The maximum atomic E-state index is 13.1. The Morgan fingerprint density at radius 2 is 1.88 bits per heavy atom. The van der Waals surface area contributed by atoms with E-state index in [-0.39, 0.29) is 47.3 Å². The van der Waals surface area contributed by atoms with Gasteiger partial charge in [0, 0.05) is 10.5 Å². The van der Waals surface area contributed by atoms with Crippen molar-refractivity contribution in [2.75, 3.05) is 7.11 Å². The maximum absolute atomic E-state index is 13.1. The van der Waals surface area contributed by atoms with Crippen LogP contribution in [-0.2, 0) is 13.6 Å². The van der Waals surface area contributed by atoms with Crippen molar-refractivity contribution in [1.29, 1.82) is 0 Å². The SMILES string of the molecule is COc1cccc2c1Sc1ccccc1C=C2OP(=O)([O-])O[C@H]1C[C@@H](C)CC[C@@H]1C(C)C.[Na+]. The largest absolute Gasteiger partial charge is 1.00 e. The van der Waals surface area contributed by atoms with E-state index in [1.165, 1.54) is 11.8 Å². The second-order valence-corrected chi connectivity index (χ2v) is 11.3. The number of hydrogen-bond acceptors (Lipinski definition) is 6. The summed E-state index contributed by atoms with van der Waals surface area (Å²) in [5.74, 6) is 1.89. The van der Waals surface area contributed by atoms with E-state index in [0.29, 0.717) is 23.1 Å². The Bertz CT molecular complexity index is 1060. The van der Waals surface area contributed by atoms with Crippen LogP contribution in [0.4, 0.5) is 0 Å². The first-order valence-electron chi connectivity index (χ1n) is 11.1. The fourth-order valence-corrected chi connectivity index (χ4v) is 6.77. The molecule has 8 heteroatoms. The molecular formula is C25H30NaO5PS. The van der Waals surface area contributed by atoms with Crippen molar-refractivity contribution >= 4 is 31.4 Å². The predicted molar refractivity (Wildman–Crippen MR) is 126 cm³/mol. The molecule has 0 aromatic heterocycles. The van der Waals surface area contributed by atoms with E-state index in [1.807, 2.05) is 42.5 Å². The summed E-state index contributed by atoms with van der Waals surface area (Å²) in [6.45, 7) is 6.39. The number of rotatable bonds is 6. The van der Waals surface area contributed by atoms with Crippen LogP contribution in [0.15, 0.2) is 52.3 Å². The van der Waals surface area contributed by atoms with Crippen molar-refractivity contribution in [3.05, 3.63) is 53.6 Å². The summed E-state index contributed by atoms with van der Waals surface area (Å²) < 4.78 is 30.1. The molecule has 4 atom stereocenters. The fourth-order valence-electron chi connectivity index (χ4n) is 4.62. The number of methoxy groups -OCH3 is 1. The standard InChI is InChI=1S/C25H31O5PS.Na/c1-16(2)19-13-12-17(3)14-22(19)29-31(26,27)30-23-15-18-8-5-6-11-24(18)32-25-20(23)9-7-10-21(25)28-4;/h5-11,15-17,19,22H,12-14H2,1-4H3,(H,26,27);/q;+1/p-1/t17-,19+,22-;/m0./s1. The Hall–Kier alpha value is -0.720. The van der Waals surface area contributed by atoms with Crippen LogP contribution in [-0.4, -0.2) is 13.2 Å². The van der Waals surface area contributed by atoms with Crippen LogP contribution in [0.5, 0.6) is 5.75 Å². The van der Waals surface area contributed by atoms with Gasteiger partial charge in [0.15, 0.2) is 0 Å². The van der Waals surface area contributed by atoms with Gasteiger partial charge in [-0.3, -0.25) is 4.57 Å². The molecule has 1 aliphatic heterocycles. The van der Waals surface area contributed by atoms with Gasteiger partial charge in [-0.2, -0.15) is 0 Å². The summed E-state index contributed by atoms with van der Waals surface area (Å²) in [6.07, 6.45) is 4.20.